The molecule has 3 amide bonds. The van der Waals surface area contributed by atoms with Crippen molar-refractivity contribution in [3.63, 3.8) is 0 Å². The minimum Gasteiger partial charge on any atom is -0.339 e. The molecular formula is C19H26N6O2. The van der Waals surface area contributed by atoms with Gasteiger partial charge in [0.05, 0.1) is 6.04 Å². The van der Waals surface area contributed by atoms with Crippen molar-refractivity contribution in [3.05, 3.63) is 42.0 Å². The van der Waals surface area contributed by atoms with Gasteiger partial charge in [-0.2, -0.15) is 5.10 Å². The topological polar surface area (TPSA) is 92.2 Å². The zero-order chi connectivity index (χ0) is 19.2. The van der Waals surface area contributed by atoms with E-state index >= 15 is 0 Å². The molecule has 3 rings (SSSR count). The predicted octanol–water partition coefficient (Wildman–Crippen LogP) is 2.71. The van der Waals surface area contributed by atoms with Crippen LogP contribution in [-0.2, 0) is 7.05 Å². The summed E-state index contributed by atoms with van der Waals surface area (Å²) >= 11 is 0. The van der Waals surface area contributed by atoms with E-state index < -0.39 is 0 Å². The van der Waals surface area contributed by atoms with Crippen molar-refractivity contribution in [2.45, 2.75) is 38.6 Å². The Kier molecular flexibility index (Phi) is 6.05. The minimum atomic E-state index is -0.357. The van der Waals surface area contributed by atoms with Crippen LogP contribution in [0.15, 0.2) is 30.6 Å². The van der Waals surface area contributed by atoms with Gasteiger partial charge in [-0.25, -0.2) is 9.78 Å². The van der Waals surface area contributed by atoms with E-state index in [4.69, 9.17) is 0 Å². The fourth-order valence-corrected chi connectivity index (χ4v) is 3.31. The number of benzene rings is 1. The quantitative estimate of drug-likeness (QED) is 0.865. The maximum atomic E-state index is 12.7. The number of nitrogens with zero attached hydrogens (tertiary/aromatic N) is 4. The molecule has 1 fully saturated rings. The van der Waals surface area contributed by atoms with Crippen LogP contribution in [0.2, 0.25) is 0 Å². The summed E-state index contributed by atoms with van der Waals surface area (Å²) in [6.45, 7) is 3.43. The van der Waals surface area contributed by atoms with Crippen molar-refractivity contribution < 1.29 is 9.59 Å². The summed E-state index contributed by atoms with van der Waals surface area (Å²) in [6, 6.07) is 6.42. The lowest BCUT2D eigenvalue weighted by atomic mass is 10.1. The van der Waals surface area contributed by atoms with E-state index in [1.165, 1.54) is 19.2 Å². The molecule has 8 heteroatoms. The monoisotopic (exact) mass is 370 g/mol. The molecule has 2 aromatic rings. The number of carbonyl (C=O) groups excluding carboxylic acids is 2. The van der Waals surface area contributed by atoms with E-state index in [1.54, 1.807) is 36.0 Å². The Bertz CT molecular complexity index is 795. The van der Waals surface area contributed by atoms with Gasteiger partial charge in [0.25, 0.3) is 5.91 Å². The summed E-state index contributed by atoms with van der Waals surface area (Å²) in [5, 5.41) is 9.61. The predicted molar refractivity (Wildman–Crippen MR) is 102 cm³/mol. The summed E-state index contributed by atoms with van der Waals surface area (Å²) in [6.07, 6.45) is 5.89. The highest BCUT2D eigenvalue weighted by Crippen LogP contribution is 2.17. The Labute approximate surface area is 159 Å². The van der Waals surface area contributed by atoms with Gasteiger partial charge in [0, 0.05) is 31.4 Å². The van der Waals surface area contributed by atoms with Crippen molar-refractivity contribution in [1.82, 2.24) is 25.0 Å². The number of anilines is 1. The molecule has 0 aliphatic carbocycles. The van der Waals surface area contributed by atoms with Gasteiger partial charge in [-0.05, 0) is 38.0 Å². The molecule has 27 heavy (non-hydrogen) atoms. The molecule has 1 aromatic carbocycles. The van der Waals surface area contributed by atoms with E-state index in [2.05, 4.69) is 20.7 Å². The summed E-state index contributed by atoms with van der Waals surface area (Å²) in [4.78, 5) is 31.1. The standard InChI is InChI=1S/C19H26N6O2/c1-14(17-20-13-21-24(17)2)22-19(27)23-16-9-7-8-15(12-16)18(26)25-10-5-3-4-6-11-25/h7-9,12-14H,3-6,10-11H2,1-2H3,(H2,22,23,27)/t14-/m0/s1. The number of urea groups is 1. The van der Waals surface area contributed by atoms with Gasteiger partial charge in [-0.3, -0.25) is 9.48 Å². The van der Waals surface area contributed by atoms with Gasteiger partial charge in [-0.1, -0.05) is 18.9 Å². The molecule has 1 aromatic heterocycles. The first-order chi connectivity index (χ1) is 13.0. The number of aryl methyl sites for hydroxylation is 1. The molecule has 0 saturated carbocycles. The van der Waals surface area contributed by atoms with Gasteiger partial charge in [0.1, 0.15) is 12.2 Å². The van der Waals surface area contributed by atoms with Crippen LogP contribution in [0.1, 0.15) is 54.8 Å². The van der Waals surface area contributed by atoms with Crippen LogP contribution >= 0.6 is 0 Å². The maximum absolute atomic E-state index is 12.7. The van der Waals surface area contributed by atoms with Gasteiger partial charge in [0.2, 0.25) is 0 Å². The number of likely N-dealkylation sites (tertiary alicyclic amines) is 1. The molecule has 1 aliphatic rings. The Morgan fingerprint density at radius 1 is 1.15 bits per heavy atom. The van der Waals surface area contributed by atoms with E-state index in [-0.39, 0.29) is 18.0 Å². The van der Waals surface area contributed by atoms with Gasteiger partial charge in [0.15, 0.2) is 0 Å². The number of hydrogen-bond acceptors (Lipinski definition) is 4. The van der Waals surface area contributed by atoms with E-state index in [0.717, 1.165) is 25.9 Å². The smallest absolute Gasteiger partial charge is 0.319 e. The molecule has 8 nitrogen and oxygen atoms in total. The van der Waals surface area contributed by atoms with Crippen molar-refractivity contribution in [1.29, 1.82) is 0 Å². The van der Waals surface area contributed by atoms with Crippen molar-refractivity contribution >= 4 is 17.6 Å². The third-order valence-electron chi connectivity index (χ3n) is 4.74. The summed E-state index contributed by atoms with van der Waals surface area (Å²) in [7, 11) is 1.77. The van der Waals surface area contributed by atoms with Crippen molar-refractivity contribution in [2.24, 2.45) is 7.05 Å². The summed E-state index contributed by atoms with van der Waals surface area (Å²) < 4.78 is 1.62. The van der Waals surface area contributed by atoms with E-state index in [9.17, 15) is 9.59 Å². The van der Waals surface area contributed by atoms with E-state index in [0.29, 0.717) is 17.1 Å². The third-order valence-corrected chi connectivity index (χ3v) is 4.74. The Morgan fingerprint density at radius 3 is 2.56 bits per heavy atom. The molecule has 1 aliphatic heterocycles. The Balaban J connectivity index is 1.62. The number of rotatable bonds is 4. The maximum Gasteiger partial charge on any atom is 0.319 e. The van der Waals surface area contributed by atoms with Crippen molar-refractivity contribution in [2.75, 3.05) is 18.4 Å². The zero-order valence-corrected chi connectivity index (χ0v) is 15.8. The zero-order valence-electron chi connectivity index (χ0n) is 15.8. The first-order valence-corrected chi connectivity index (χ1v) is 9.35. The number of hydrogen-bond donors (Lipinski definition) is 2. The van der Waals surface area contributed by atoms with Crippen molar-refractivity contribution in [3.8, 4) is 0 Å². The molecule has 1 atom stereocenters. The highest BCUT2D eigenvalue weighted by atomic mass is 16.2. The average molecular weight is 370 g/mol. The number of carbonyl (C=O) groups is 2. The molecule has 2 N–H and O–H groups in total. The lowest BCUT2D eigenvalue weighted by Crippen LogP contribution is -2.33. The molecule has 144 valence electrons. The van der Waals surface area contributed by atoms with E-state index in [1.807, 2.05) is 11.8 Å². The normalized spacial score (nSPS) is 15.7. The average Bonchev–Trinajstić information content (AvgIpc) is 2.91. The fourth-order valence-electron chi connectivity index (χ4n) is 3.31. The summed E-state index contributed by atoms with van der Waals surface area (Å²) in [5.74, 6) is 0.684. The number of nitrogens with one attached hydrogen (secondary N) is 2. The van der Waals surface area contributed by atoms with Crippen LogP contribution in [0.4, 0.5) is 10.5 Å². The molecule has 0 radical (unpaired) electrons. The lowest BCUT2D eigenvalue weighted by Gasteiger charge is -2.20. The second-order valence-electron chi connectivity index (χ2n) is 6.85. The number of aromatic nitrogens is 3. The molecular weight excluding hydrogens is 344 g/mol. The SMILES string of the molecule is C[C@H](NC(=O)Nc1cccc(C(=O)N2CCCCCC2)c1)c1ncnn1C. The third kappa shape index (κ3) is 4.84. The van der Waals surface area contributed by atoms with Crippen LogP contribution in [0.5, 0.6) is 0 Å². The highest BCUT2D eigenvalue weighted by molar-refractivity contribution is 5.97. The second kappa shape index (κ2) is 8.66. The molecule has 0 bridgehead atoms. The highest BCUT2D eigenvalue weighted by Gasteiger charge is 2.18. The van der Waals surface area contributed by atoms with Crippen LogP contribution in [-0.4, -0.2) is 44.7 Å². The first-order valence-electron chi connectivity index (χ1n) is 9.35. The Hall–Kier alpha value is -2.90. The molecule has 2 heterocycles. The van der Waals surface area contributed by atoms with Crippen LogP contribution in [0, 0.1) is 0 Å². The second-order valence-corrected chi connectivity index (χ2v) is 6.85. The van der Waals surface area contributed by atoms with Gasteiger partial charge in [-0.15, -0.1) is 0 Å². The molecule has 1 saturated heterocycles. The van der Waals surface area contributed by atoms with Crippen LogP contribution in [0.3, 0.4) is 0 Å². The fraction of sp³-hybridized carbons (Fsp3) is 0.474. The van der Waals surface area contributed by atoms with Crippen LogP contribution in [0.25, 0.3) is 0 Å². The Morgan fingerprint density at radius 2 is 1.89 bits per heavy atom. The van der Waals surface area contributed by atoms with Gasteiger partial charge < -0.3 is 15.5 Å². The molecule has 0 unspecified atom stereocenters. The summed E-state index contributed by atoms with van der Waals surface area (Å²) in [5.41, 5.74) is 1.18. The lowest BCUT2D eigenvalue weighted by molar-refractivity contribution is 0.0761. The van der Waals surface area contributed by atoms with Crippen LogP contribution < -0.4 is 10.6 Å². The first kappa shape index (κ1) is 18.9. The minimum absolute atomic E-state index is 0.0217. The largest absolute Gasteiger partial charge is 0.339 e. The van der Waals surface area contributed by atoms with Gasteiger partial charge >= 0.3 is 6.03 Å². The number of amides is 3. The molecule has 0 spiro atoms.